The highest BCUT2D eigenvalue weighted by molar-refractivity contribution is 7.89. The number of hydrogen-bond donors (Lipinski definition) is 3. The molecule has 1 saturated heterocycles. The summed E-state index contributed by atoms with van der Waals surface area (Å²) in [6.45, 7) is 4.53. The van der Waals surface area contributed by atoms with E-state index < -0.39 is 10.0 Å². The molecule has 22 heavy (non-hydrogen) atoms. The van der Waals surface area contributed by atoms with Crippen LogP contribution < -0.4 is 15.4 Å². The summed E-state index contributed by atoms with van der Waals surface area (Å²) in [5.41, 5.74) is 1.34. The number of benzene rings is 1. The van der Waals surface area contributed by atoms with Crippen LogP contribution in [0.25, 0.3) is 0 Å². The van der Waals surface area contributed by atoms with Gasteiger partial charge in [0, 0.05) is 25.2 Å². The van der Waals surface area contributed by atoms with E-state index in [-0.39, 0.29) is 29.3 Å². The summed E-state index contributed by atoms with van der Waals surface area (Å²) in [5, 5.41) is 5.88. The first-order chi connectivity index (χ1) is 9.88. The van der Waals surface area contributed by atoms with Crippen molar-refractivity contribution in [2.24, 2.45) is 0 Å². The predicted octanol–water partition coefficient (Wildman–Crippen LogP) is 1.41. The van der Waals surface area contributed by atoms with Crippen LogP contribution in [0.4, 0.5) is 5.69 Å². The van der Waals surface area contributed by atoms with Gasteiger partial charge in [0.2, 0.25) is 15.9 Å². The molecular formula is C14H22ClN3O3S. The normalized spacial score (nSPS) is 17.8. The molecule has 3 N–H and O–H groups in total. The fourth-order valence-electron chi connectivity index (χ4n) is 2.32. The third-order valence-electron chi connectivity index (χ3n) is 3.51. The summed E-state index contributed by atoms with van der Waals surface area (Å²) in [7, 11) is -3.56. The van der Waals surface area contributed by atoms with E-state index in [9.17, 15) is 13.2 Å². The Morgan fingerprint density at radius 2 is 2.14 bits per heavy atom. The molecule has 124 valence electrons. The average molecular weight is 348 g/mol. The molecule has 1 amide bonds. The first kappa shape index (κ1) is 18.9. The van der Waals surface area contributed by atoms with E-state index in [1.165, 1.54) is 13.0 Å². The Balaban J connectivity index is 0.00000242. The lowest BCUT2D eigenvalue weighted by Gasteiger charge is -2.13. The maximum atomic E-state index is 12.3. The van der Waals surface area contributed by atoms with Crippen molar-refractivity contribution in [3.63, 3.8) is 0 Å². The Morgan fingerprint density at radius 1 is 1.41 bits per heavy atom. The van der Waals surface area contributed by atoms with Crippen LogP contribution in [-0.4, -0.2) is 33.5 Å². The largest absolute Gasteiger partial charge is 0.326 e. The second-order valence-electron chi connectivity index (χ2n) is 5.30. The van der Waals surface area contributed by atoms with Gasteiger partial charge in [-0.1, -0.05) is 6.07 Å². The summed E-state index contributed by atoms with van der Waals surface area (Å²) in [4.78, 5) is 11.3. The smallest absolute Gasteiger partial charge is 0.240 e. The Morgan fingerprint density at radius 3 is 2.73 bits per heavy atom. The van der Waals surface area contributed by atoms with Gasteiger partial charge in [-0.25, -0.2) is 13.1 Å². The zero-order valence-corrected chi connectivity index (χ0v) is 14.3. The van der Waals surface area contributed by atoms with Crippen LogP contribution in [0.3, 0.4) is 0 Å². The van der Waals surface area contributed by atoms with Gasteiger partial charge in [-0.2, -0.15) is 0 Å². The van der Waals surface area contributed by atoms with Gasteiger partial charge in [-0.3, -0.25) is 4.79 Å². The van der Waals surface area contributed by atoms with Crippen molar-refractivity contribution in [3.8, 4) is 0 Å². The van der Waals surface area contributed by atoms with Crippen LogP contribution in [0.5, 0.6) is 0 Å². The molecule has 1 aliphatic heterocycles. The van der Waals surface area contributed by atoms with Crippen molar-refractivity contribution in [2.75, 3.05) is 18.4 Å². The molecule has 1 aromatic carbocycles. The first-order valence-corrected chi connectivity index (χ1v) is 8.48. The molecule has 6 nitrogen and oxygen atoms in total. The zero-order valence-electron chi connectivity index (χ0n) is 12.7. The Hall–Kier alpha value is -1.15. The predicted molar refractivity (Wildman–Crippen MR) is 88.9 cm³/mol. The van der Waals surface area contributed by atoms with E-state index in [2.05, 4.69) is 15.4 Å². The monoisotopic (exact) mass is 347 g/mol. The fraction of sp³-hybridized carbons (Fsp3) is 0.500. The lowest BCUT2D eigenvalue weighted by Crippen LogP contribution is -2.37. The molecule has 8 heteroatoms. The van der Waals surface area contributed by atoms with Crippen molar-refractivity contribution < 1.29 is 13.2 Å². The highest BCUT2D eigenvalue weighted by Gasteiger charge is 2.20. The zero-order chi connectivity index (χ0) is 15.5. The van der Waals surface area contributed by atoms with Gasteiger partial charge in [-0.05, 0) is 44.0 Å². The molecule has 0 aromatic heterocycles. The van der Waals surface area contributed by atoms with Gasteiger partial charge in [0.05, 0.1) is 4.90 Å². The highest BCUT2D eigenvalue weighted by atomic mass is 35.5. The van der Waals surface area contributed by atoms with Gasteiger partial charge in [0.15, 0.2) is 0 Å². The third kappa shape index (κ3) is 4.95. The molecule has 0 radical (unpaired) electrons. The third-order valence-corrected chi connectivity index (χ3v) is 4.93. The van der Waals surface area contributed by atoms with Crippen molar-refractivity contribution in [2.45, 2.75) is 37.6 Å². The van der Waals surface area contributed by atoms with Gasteiger partial charge in [-0.15, -0.1) is 12.4 Å². The van der Waals surface area contributed by atoms with Crippen LogP contribution in [0.15, 0.2) is 23.1 Å². The van der Waals surface area contributed by atoms with E-state index >= 15 is 0 Å². The molecule has 1 fully saturated rings. The molecule has 0 aliphatic carbocycles. The maximum absolute atomic E-state index is 12.3. The topological polar surface area (TPSA) is 87.3 Å². The molecule has 2 rings (SSSR count). The molecule has 1 aromatic rings. The van der Waals surface area contributed by atoms with E-state index in [0.717, 1.165) is 24.9 Å². The lowest BCUT2D eigenvalue weighted by molar-refractivity contribution is -0.114. The molecule has 1 unspecified atom stereocenters. The van der Waals surface area contributed by atoms with Crippen LogP contribution in [0.2, 0.25) is 0 Å². The number of hydrogen-bond acceptors (Lipinski definition) is 4. The number of carbonyl (C=O) groups excluding carboxylic acids is 1. The van der Waals surface area contributed by atoms with E-state index in [4.69, 9.17) is 0 Å². The molecule has 0 bridgehead atoms. The fourth-order valence-corrected chi connectivity index (χ4v) is 3.42. The molecule has 0 spiro atoms. The number of nitrogens with one attached hydrogen (secondary N) is 3. The standard InChI is InChI=1S/C14H21N3O3S.ClH/c1-10-5-6-13(8-14(10)17-11(2)18)21(19,20)16-9-12-4-3-7-15-12;/h5-6,8,12,15-16H,3-4,7,9H2,1-2H3,(H,17,18);1H. The first-order valence-electron chi connectivity index (χ1n) is 7.00. The van der Waals surface area contributed by atoms with E-state index in [1.54, 1.807) is 12.1 Å². The minimum atomic E-state index is -3.56. The number of carbonyl (C=O) groups is 1. The molecule has 1 heterocycles. The van der Waals surface area contributed by atoms with Gasteiger partial charge < -0.3 is 10.6 Å². The van der Waals surface area contributed by atoms with Crippen molar-refractivity contribution >= 4 is 34.0 Å². The SMILES string of the molecule is CC(=O)Nc1cc(S(=O)(=O)NCC2CCCN2)ccc1C.Cl. The Labute approximate surface area is 137 Å². The van der Waals surface area contributed by atoms with Crippen molar-refractivity contribution in [1.82, 2.24) is 10.0 Å². The number of aryl methyl sites for hydroxylation is 1. The number of sulfonamides is 1. The van der Waals surface area contributed by atoms with Crippen molar-refractivity contribution in [1.29, 1.82) is 0 Å². The van der Waals surface area contributed by atoms with Crippen molar-refractivity contribution in [3.05, 3.63) is 23.8 Å². The number of rotatable bonds is 5. The van der Waals surface area contributed by atoms with Crippen LogP contribution >= 0.6 is 12.4 Å². The Kier molecular flexibility index (Phi) is 6.80. The maximum Gasteiger partial charge on any atom is 0.240 e. The molecule has 1 atom stereocenters. The van der Waals surface area contributed by atoms with Crippen LogP contribution in [0, 0.1) is 6.92 Å². The molecular weight excluding hydrogens is 326 g/mol. The van der Waals surface area contributed by atoms with E-state index in [0.29, 0.717) is 12.2 Å². The summed E-state index contributed by atoms with van der Waals surface area (Å²) in [6, 6.07) is 4.92. The summed E-state index contributed by atoms with van der Waals surface area (Å²) >= 11 is 0. The second kappa shape index (κ2) is 7.92. The molecule has 1 aliphatic rings. The Bertz CT molecular complexity index is 628. The average Bonchev–Trinajstić information content (AvgIpc) is 2.91. The number of anilines is 1. The van der Waals surface area contributed by atoms with Gasteiger partial charge in [0.1, 0.15) is 0 Å². The highest BCUT2D eigenvalue weighted by Crippen LogP contribution is 2.20. The second-order valence-corrected chi connectivity index (χ2v) is 7.07. The van der Waals surface area contributed by atoms with Gasteiger partial charge in [0.25, 0.3) is 0 Å². The molecule has 0 saturated carbocycles. The number of halogens is 1. The minimum Gasteiger partial charge on any atom is -0.326 e. The van der Waals surface area contributed by atoms with Crippen LogP contribution in [0.1, 0.15) is 25.3 Å². The quantitative estimate of drug-likeness (QED) is 0.751. The summed E-state index contributed by atoms with van der Waals surface area (Å²) < 4.78 is 27.2. The van der Waals surface area contributed by atoms with Crippen LogP contribution in [-0.2, 0) is 14.8 Å². The summed E-state index contributed by atoms with van der Waals surface area (Å²) in [5.74, 6) is -0.226. The summed E-state index contributed by atoms with van der Waals surface area (Å²) in [6.07, 6.45) is 2.05. The number of amides is 1. The van der Waals surface area contributed by atoms with Gasteiger partial charge >= 0.3 is 0 Å². The minimum absolute atomic E-state index is 0. The van der Waals surface area contributed by atoms with E-state index in [1.807, 2.05) is 6.92 Å². The lowest BCUT2D eigenvalue weighted by atomic mass is 10.2.